The van der Waals surface area contributed by atoms with Crippen LogP contribution >= 0.6 is 0 Å². The molecule has 0 bridgehead atoms. The van der Waals surface area contributed by atoms with Crippen LogP contribution in [-0.4, -0.2) is 40.0 Å². The summed E-state index contributed by atoms with van der Waals surface area (Å²) in [6.45, 7) is 0.715. The van der Waals surface area contributed by atoms with Gasteiger partial charge >= 0.3 is 6.18 Å². The quantitative estimate of drug-likeness (QED) is 0.870. The molecule has 0 atom stereocenters. The van der Waals surface area contributed by atoms with Crippen LogP contribution in [0.1, 0.15) is 15.9 Å². The molecule has 1 aliphatic heterocycles. The Morgan fingerprint density at radius 3 is 2.57 bits per heavy atom. The zero-order valence-electron chi connectivity index (χ0n) is 11.8. The number of alkyl halides is 3. The fourth-order valence-electron chi connectivity index (χ4n) is 2.14. The summed E-state index contributed by atoms with van der Waals surface area (Å²) in [6.07, 6.45) is -0.912. The van der Waals surface area contributed by atoms with Crippen LogP contribution in [0.5, 0.6) is 5.88 Å². The molecule has 0 spiro atoms. The van der Waals surface area contributed by atoms with Crippen molar-refractivity contribution in [2.75, 3.05) is 13.1 Å². The number of pyridine rings is 2. The number of aromatic nitrogens is 2. The number of hydrogen-bond acceptors (Lipinski definition) is 4. The average Bonchev–Trinajstić information content (AvgIpc) is 2.50. The van der Waals surface area contributed by atoms with E-state index in [1.807, 2.05) is 0 Å². The standard InChI is InChI=1S/C15H12F3N3O2/c16-15(17,18)11-3-4-13(20-7-11)23-12-8-21(9-12)14(22)10-2-1-5-19-6-10/h1-7,12H,8-9H2. The second-order valence-electron chi connectivity index (χ2n) is 5.07. The number of carbonyl (C=O) groups excluding carboxylic acids is 1. The topological polar surface area (TPSA) is 55.3 Å². The highest BCUT2D eigenvalue weighted by Gasteiger charge is 2.34. The number of hydrogen-bond donors (Lipinski definition) is 0. The number of carbonyl (C=O) groups is 1. The molecule has 120 valence electrons. The van der Waals surface area contributed by atoms with Gasteiger partial charge in [-0.25, -0.2) is 4.98 Å². The molecular formula is C15H12F3N3O2. The van der Waals surface area contributed by atoms with E-state index < -0.39 is 11.7 Å². The number of likely N-dealkylation sites (tertiary alicyclic amines) is 1. The molecule has 0 aliphatic carbocycles. The first kappa shape index (κ1) is 15.3. The van der Waals surface area contributed by atoms with Gasteiger partial charge < -0.3 is 9.64 Å². The van der Waals surface area contributed by atoms with E-state index in [2.05, 4.69) is 9.97 Å². The van der Waals surface area contributed by atoms with Gasteiger partial charge in [0.25, 0.3) is 5.91 Å². The molecule has 0 radical (unpaired) electrons. The van der Waals surface area contributed by atoms with Crippen LogP contribution in [0.4, 0.5) is 13.2 Å². The summed E-state index contributed by atoms with van der Waals surface area (Å²) in [6, 6.07) is 5.43. The predicted octanol–water partition coefficient (Wildman–Crippen LogP) is 2.40. The fraction of sp³-hybridized carbons (Fsp3) is 0.267. The molecule has 0 aromatic carbocycles. The van der Waals surface area contributed by atoms with E-state index in [-0.39, 0.29) is 17.9 Å². The maximum atomic E-state index is 12.4. The Labute approximate surface area is 129 Å². The molecule has 23 heavy (non-hydrogen) atoms. The Morgan fingerprint density at radius 1 is 1.22 bits per heavy atom. The lowest BCUT2D eigenvalue weighted by Crippen LogP contribution is -2.56. The van der Waals surface area contributed by atoms with Crippen LogP contribution in [-0.2, 0) is 6.18 Å². The van der Waals surface area contributed by atoms with E-state index in [0.717, 1.165) is 12.3 Å². The van der Waals surface area contributed by atoms with Gasteiger partial charge in [-0.3, -0.25) is 9.78 Å². The zero-order valence-corrected chi connectivity index (χ0v) is 11.8. The van der Waals surface area contributed by atoms with Gasteiger partial charge in [-0.1, -0.05) is 0 Å². The van der Waals surface area contributed by atoms with Crippen molar-refractivity contribution >= 4 is 5.91 Å². The Hall–Kier alpha value is -2.64. The molecule has 0 saturated carbocycles. The highest BCUT2D eigenvalue weighted by atomic mass is 19.4. The number of ether oxygens (including phenoxy) is 1. The molecule has 2 aromatic rings. The van der Waals surface area contributed by atoms with Crippen molar-refractivity contribution in [3.63, 3.8) is 0 Å². The minimum absolute atomic E-state index is 0.108. The Balaban J connectivity index is 1.53. The number of nitrogens with zero attached hydrogens (tertiary/aromatic N) is 3. The van der Waals surface area contributed by atoms with Gasteiger partial charge in [-0.2, -0.15) is 13.2 Å². The lowest BCUT2D eigenvalue weighted by atomic mass is 10.1. The molecule has 3 rings (SSSR count). The summed E-state index contributed by atoms with van der Waals surface area (Å²) >= 11 is 0. The van der Waals surface area contributed by atoms with Crippen molar-refractivity contribution in [3.8, 4) is 5.88 Å². The monoisotopic (exact) mass is 323 g/mol. The second-order valence-corrected chi connectivity index (χ2v) is 5.07. The largest absolute Gasteiger partial charge is 0.471 e. The van der Waals surface area contributed by atoms with Crippen LogP contribution in [0.2, 0.25) is 0 Å². The summed E-state index contributed by atoms with van der Waals surface area (Å²) in [5.74, 6) is -0.0465. The number of rotatable bonds is 3. The number of amides is 1. The Kier molecular flexibility index (Phi) is 3.89. The van der Waals surface area contributed by atoms with Gasteiger partial charge in [0, 0.05) is 24.7 Å². The van der Waals surface area contributed by atoms with Crippen LogP contribution in [0.3, 0.4) is 0 Å². The highest BCUT2D eigenvalue weighted by Crippen LogP contribution is 2.29. The van der Waals surface area contributed by atoms with Crippen molar-refractivity contribution in [2.45, 2.75) is 12.3 Å². The zero-order chi connectivity index (χ0) is 16.4. The Morgan fingerprint density at radius 2 is 2.00 bits per heavy atom. The van der Waals surface area contributed by atoms with E-state index in [4.69, 9.17) is 4.74 Å². The average molecular weight is 323 g/mol. The van der Waals surface area contributed by atoms with E-state index in [1.165, 1.54) is 12.3 Å². The third-order valence-electron chi connectivity index (χ3n) is 3.39. The first-order chi connectivity index (χ1) is 10.9. The third-order valence-corrected chi connectivity index (χ3v) is 3.39. The van der Waals surface area contributed by atoms with E-state index in [1.54, 1.807) is 23.2 Å². The maximum Gasteiger partial charge on any atom is 0.417 e. The minimum Gasteiger partial charge on any atom is -0.471 e. The molecule has 1 saturated heterocycles. The molecule has 1 aliphatic rings. The Bertz CT molecular complexity index is 683. The lowest BCUT2D eigenvalue weighted by Gasteiger charge is -2.38. The molecule has 1 amide bonds. The third kappa shape index (κ3) is 3.41. The van der Waals surface area contributed by atoms with Crippen LogP contribution in [0, 0.1) is 0 Å². The smallest absolute Gasteiger partial charge is 0.417 e. The van der Waals surface area contributed by atoms with Crippen molar-refractivity contribution in [1.29, 1.82) is 0 Å². The summed E-state index contributed by atoms with van der Waals surface area (Å²) in [5.41, 5.74) is -0.342. The highest BCUT2D eigenvalue weighted by molar-refractivity contribution is 5.94. The predicted molar refractivity (Wildman–Crippen MR) is 73.8 cm³/mol. The maximum absolute atomic E-state index is 12.4. The van der Waals surface area contributed by atoms with Gasteiger partial charge in [0.15, 0.2) is 0 Å². The summed E-state index contributed by atoms with van der Waals surface area (Å²) < 4.78 is 42.7. The van der Waals surface area contributed by atoms with Crippen molar-refractivity contribution in [1.82, 2.24) is 14.9 Å². The molecule has 3 heterocycles. The second kappa shape index (κ2) is 5.86. The SMILES string of the molecule is O=C(c1cccnc1)N1CC(Oc2ccc(C(F)(F)F)cn2)C1. The summed E-state index contributed by atoms with van der Waals surface area (Å²) in [7, 11) is 0. The molecule has 2 aromatic heterocycles. The van der Waals surface area contributed by atoms with E-state index in [9.17, 15) is 18.0 Å². The van der Waals surface area contributed by atoms with Crippen molar-refractivity contribution in [3.05, 3.63) is 54.0 Å². The van der Waals surface area contributed by atoms with Crippen LogP contribution < -0.4 is 4.74 Å². The normalized spacial score (nSPS) is 15.2. The first-order valence-electron chi connectivity index (χ1n) is 6.83. The van der Waals surface area contributed by atoms with E-state index >= 15 is 0 Å². The summed E-state index contributed by atoms with van der Waals surface area (Å²) in [4.78, 5) is 21.2. The molecule has 5 nitrogen and oxygen atoms in total. The molecule has 0 unspecified atom stereocenters. The van der Waals surface area contributed by atoms with Crippen LogP contribution in [0.25, 0.3) is 0 Å². The molecule has 0 N–H and O–H groups in total. The van der Waals surface area contributed by atoms with Crippen molar-refractivity contribution < 1.29 is 22.7 Å². The van der Waals surface area contributed by atoms with Crippen molar-refractivity contribution in [2.24, 2.45) is 0 Å². The summed E-state index contributed by atoms with van der Waals surface area (Å²) in [5, 5.41) is 0. The van der Waals surface area contributed by atoms with Gasteiger partial charge in [-0.15, -0.1) is 0 Å². The van der Waals surface area contributed by atoms with Gasteiger partial charge in [0.1, 0.15) is 6.10 Å². The van der Waals surface area contributed by atoms with Gasteiger partial charge in [0.2, 0.25) is 5.88 Å². The fourth-order valence-corrected chi connectivity index (χ4v) is 2.14. The lowest BCUT2D eigenvalue weighted by molar-refractivity contribution is -0.137. The number of halogens is 3. The minimum atomic E-state index is -4.42. The molecule has 1 fully saturated rings. The molecular weight excluding hydrogens is 311 g/mol. The van der Waals surface area contributed by atoms with Crippen LogP contribution in [0.15, 0.2) is 42.9 Å². The molecule has 8 heteroatoms. The van der Waals surface area contributed by atoms with Gasteiger partial charge in [0.05, 0.1) is 24.2 Å². The first-order valence-corrected chi connectivity index (χ1v) is 6.83. The van der Waals surface area contributed by atoms with E-state index in [0.29, 0.717) is 18.7 Å². The van der Waals surface area contributed by atoms with Gasteiger partial charge in [-0.05, 0) is 18.2 Å².